The SMILES string of the molecule is Cc1ccc(-c2cc[c-]c3c2c2ccccc2n2ccnc32)c(C)c1.[Ir]. The fourth-order valence-corrected chi connectivity index (χ4v) is 3.87. The molecule has 0 saturated heterocycles. The van der Waals surface area contributed by atoms with Crippen LogP contribution in [0, 0.1) is 19.9 Å². The van der Waals surface area contributed by atoms with Gasteiger partial charge in [-0.15, -0.1) is 18.2 Å². The van der Waals surface area contributed by atoms with Gasteiger partial charge in [-0.1, -0.05) is 58.3 Å². The van der Waals surface area contributed by atoms with Crippen molar-refractivity contribution in [3.63, 3.8) is 0 Å². The number of hydrogen-bond donors (Lipinski definition) is 0. The Kier molecular flexibility index (Phi) is 4.14. The van der Waals surface area contributed by atoms with Crippen LogP contribution in [0.3, 0.4) is 0 Å². The molecule has 3 heteroatoms. The molecular formula is C23H17IrN2-. The second-order valence-corrected chi connectivity index (χ2v) is 6.60. The molecule has 2 aromatic heterocycles. The Morgan fingerprint density at radius 1 is 0.962 bits per heavy atom. The molecule has 0 fully saturated rings. The van der Waals surface area contributed by atoms with E-state index in [1.165, 1.54) is 38.5 Å². The average molecular weight is 514 g/mol. The van der Waals surface area contributed by atoms with Crippen molar-refractivity contribution in [2.75, 3.05) is 0 Å². The molecular weight excluding hydrogens is 496 g/mol. The van der Waals surface area contributed by atoms with Crippen LogP contribution in [-0.4, -0.2) is 9.38 Å². The first-order chi connectivity index (χ1) is 12.2. The first kappa shape index (κ1) is 17.0. The Hall–Kier alpha value is -2.48. The Balaban J connectivity index is 0.00000168. The maximum Gasteiger partial charge on any atom is 0.0608 e. The number of imidazole rings is 1. The van der Waals surface area contributed by atoms with Gasteiger partial charge in [-0.25, -0.2) is 0 Å². The third-order valence-corrected chi connectivity index (χ3v) is 4.97. The number of para-hydroxylation sites is 1. The van der Waals surface area contributed by atoms with Gasteiger partial charge in [-0.2, -0.15) is 0 Å². The van der Waals surface area contributed by atoms with Crippen molar-refractivity contribution in [1.29, 1.82) is 0 Å². The number of rotatable bonds is 1. The topological polar surface area (TPSA) is 17.3 Å². The molecule has 2 nitrogen and oxygen atoms in total. The van der Waals surface area contributed by atoms with Gasteiger partial charge >= 0.3 is 0 Å². The van der Waals surface area contributed by atoms with Gasteiger partial charge in [-0.05, 0) is 36.4 Å². The van der Waals surface area contributed by atoms with Gasteiger partial charge < -0.3 is 4.40 Å². The molecule has 26 heavy (non-hydrogen) atoms. The van der Waals surface area contributed by atoms with Gasteiger partial charge in [0.15, 0.2) is 0 Å². The first-order valence-electron chi connectivity index (χ1n) is 8.50. The van der Waals surface area contributed by atoms with Crippen molar-refractivity contribution in [2.24, 2.45) is 0 Å². The number of aromatic nitrogens is 2. The van der Waals surface area contributed by atoms with Crippen molar-refractivity contribution >= 4 is 27.3 Å². The molecule has 3 aromatic carbocycles. The maximum absolute atomic E-state index is 4.60. The number of pyridine rings is 1. The van der Waals surface area contributed by atoms with Crippen LogP contribution in [0.5, 0.6) is 0 Å². The zero-order chi connectivity index (χ0) is 17.0. The quantitative estimate of drug-likeness (QED) is 0.207. The second-order valence-electron chi connectivity index (χ2n) is 6.60. The van der Waals surface area contributed by atoms with E-state index in [9.17, 15) is 0 Å². The molecule has 2 heterocycles. The summed E-state index contributed by atoms with van der Waals surface area (Å²) < 4.78 is 2.15. The fraction of sp³-hybridized carbons (Fsp3) is 0.0870. The van der Waals surface area contributed by atoms with Crippen LogP contribution in [0.4, 0.5) is 0 Å². The van der Waals surface area contributed by atoms with E-state index in [2.05, 4.69) is 77.8 Å². The minimum atomic E-state index is 0. The second kappa shape index (κ2) is 6.35. The van der Waals surface area contributed by atoms with Gasteiger partial charge in [0.1, 0.15) is 0 Å². The van der Waals surface area contributed by atoms with E-state index in [0.717, 1.165) is 11.0 Å². The summed E-state index contributed by atoms with van der Waals surface area (Å²) in [5.41, 5.74) is 7.22. The van der Waals surface area contributed by atoms with E-state index < -0.39 is 0 Å². The summed E-state index contributed by atoms with van der Waals surface area (Å²) in [6.07, 6.45) is 3.88. The minimum absolute atomic E-state index is 0. The Labute approximate surface area is 165 Å². The van der Waals surface area contributed by atoms with Crippen LogP contribution in [0.15, 0.2) is 67.0 Å². The van der Waals surface area contributed by atoms with Crippen LogP contribution < -0.4 is 0 Å². The summed E-state index contributed by atoms with van der Waals surface area (Å²) in [5, 5.41) is 3.53. The zero-order valence-corrected chi connectivity index (χ0v) is 17.0. The summed E-state index contributed by atoms with van der Waals surface area (Å²) in [6, 6.07) is 22.8. The number of aryl methyl sites for hydroxylation is 2. The van der Waals surface area contributed by atoms with Gasteiger partial charge in [-0.3, -0.25) is 4.98 Å². The molecule has 0 aliphatic carbocycles. The third kappa shape index (κ3) is 2.39. The zero-order valence-electron chi connectivity index (χ0n) is 14.6. The largest absolute Gasteiger partial charge is 0.340 e. The normalized spacial score (nSPS) is 11.2. The Bertz CT molecular complexity index is 1270. The fourth-order valence-electron chi connectivity index (χ4n) is 3.87. The molecule has 0 bridgehead atoms. The number of fused-ring (bicyclic) bond motifs is 6. The molecule has 0 unspecified atom stereocenters. The number of benzene rings is 3. The monoisotopic (exact) mass is 514 g/mol. The summed E-state index contributed by atoms with van der Waals surface area (Å²) in [6.45, 7) is 4.32. The van der Waals surface area contributed by atoms with Crippen molar-refractivity contribution in [3.8, 4) is 11.1 Å². The predicted molar refractivity (Wildman–Crippen MR) is 104 cm³/mol. The molecule has 0 spiro atoms. The third-order valence-electron chi connectivity index (χ3n) is 4.97. The molecule has 1 radical (unpaired) electrons. The number of nitrogens with zero attached hydrogens (tertiary/aromatic N) is 2. The van der Waals surface area contributed by atoms with E-state index in [1.54, 1.807) is 0 Å². The van der Waals surface area contributed by atoms with Crippen LogP contribution in [0.1, 0.15) is 11.1 Å². The molecule has 0 saturated carbocycles. The smallest absolute Gasteiger partial charge is 0.0608 e. The molecule has 0 amide bonds. The van der Waals surface area contributed by atoms with E-state index in [1.807, 2.05) is 18.5 Å². The molecule has 0 N–H and O–H groups in total. The first-order valence-corrected chi connectivity index (χ1v) is 8.50. The van der Waals surface area contributed by atoms with Gasteiger partial charge in [0.05, 0.1) is 5.65 Å². The number of hydrogen-bond acceptors (Lipinski definition) is 1. The van der Waals surface area contributed by atoms with E-state index in [4.69, 9.17) is 0 Å². The summed E-state index contributed by atoms with van der Waals surface area (Å²) in [5.74, 6) is 0. The van der Waals surface area contributed by atoms with Crippen LogP contribution in [0.25, 0.3) is 38.4 Å². The van der Waals surface area contributed by atoms with Crippen molar-refractivity contribution in [1.82, 2.24) is 9.38 Å². The van der Waals surface area contributed by atoms with Crippen molar-refractivity contribution in [3.05, 3.63) is 84.2 Å². The van der Waals surface area contributed by atoms with Crippen LogP contribution >= 0.6 is 0 Å². The summed E-state index contributed by atoms with van der Waals surface area (Å²) in [7, 11) is 0. The standard InChI is InChI=1S/C23H17N2.Ir/c1-15-10-11-17(16(2)14-15)18-7-5-8-20-22(18)19-6-3-4-9-21(19)25-13-12-24-23(20)25;/h3-7,9-14H,1-2H3;/q-1;. The van der Waals surface area contributed by atoms with E-state index >= 15 is 0 Å². The van der Waals surface area contributed by atoms with Crippen molar-refractivity contribution in [2.45, 2.75) is 13.8 Å². The Morgan fingerprint density at radius 3 is 2.65 bits per heavy atom. The van der Waals surface area contributed by atoms with Gasteiger partial charge in [0, 0.05) is 38.0 Å². The van der Waals surface area contributed by atoms with Gasteiger partial charge in [0.25, 0.3) is 0 Å². The Morgan fingerprint density at radius 2 is 1.81 bits per heavy atom. The van der Waals surface area contributed by atoms with Gasteiger partial charge in [0.2, 0.25) is 0 Å². The van der Waals surface area contributed by atoms with Crippen molar-refractivity contribution < 1.29 is 20.1 Å². The average Bonchev–Trinajstić information content (AvgIpc) is 3.12. The molecule has 0 atom stereocenters. The molecule has 0 aliphatic heterocycles. The van der Waals surface area contributed by atoms with E-state index in [0.29, 0.717) is 0 Å². The van der Waals surface area contributed by atoms with Crippen LogP contribution in [-0.2, 0) is 20.1 Å². The predicted octanol–water partition coefficient (Wildman–Crippen LogP) is 5.72. The molecule has 129 valence electrons. The minimum Gasteiger partial charge on any atom is -0.340 e. The molecule has 0 aliphatic rings. The summed E-state index contributed by atoms with van der Waals surface area (Å²) in [4.78, 5) is 4.60. The summed E-state index contributed by atoms with van der Waals surface area (Å²) >= 11 is 0. The van der Waals surface area contributed by atoms with Crippen LogP contribution in [0.2, 0.25) is 0 Å². The molecule has 5 aromatic rings. The molecule has 5 rings (SSSR count). The van der Waals surface area contributed by atoms with E-state index in [-0.39, 0.29) is 20.1 Å². The maximum atomic E-state index is 4.60.